The first kappa shape index (κ1) is 16.1. The zero-order chi connectivity index (χ0) is 15.2. The van der Waals surface area contributed by atoms with E-state index < -0.39 is 6.10 Å². The van der Waals surface area contributed by atoms with Crippen molar-refractivity contribution < 1.29 is 14.6 Å². The van der Waals surface area contributed by atoms with Crippen molar-refractivity contribution in [3.63, 3.8) is 0 Å². The van der Waals surface area contributed by atoms with E-state index >= 15 is 0 Å². The highest BCUT2D eigenvalue weighted by Crippen LogP contribution is 2.21. The van der Waals surface area contributed by atoms with E-state index in [1.54, 1.807) is 7.11 Å². The van der Waals surface area contributed by atoms with Gasteiger partial charge in [-0.3, -0.25) is 0 Å². The molecule has 0 spiro atoms. The summed E-state index contributed by atoms with van der Waals surface area (Å²) >= 11 is 0. The van der Waals surface area contributed by atoms with Crippen molar-refractivity contribution in [2.75, 3.05) is 33.4 Å². The fraction of sp³-hybridized carbons (Fsp3) is 0.647. The van der Waals surface area contributed by atoms with Gasteiger partial charge in [0.2, 0.25) is 0 Å². The second-order valence-corrected chi connectivity index (χ2v) is 6.31. The van der Waals surface area contributed by atoms with Crippen LogP contribution < -0.4 is 9.47 Å². The standard InChI is InChI=1S/C17H27NO3/c1-13-7-14(2)10-18(9-13)11-15(19)12-21-17-6-4-5-16(8-17)20-3/h4-6,8,13-15,19H,7,9-12H2,1-3H3/t13-,14-,15+/m1/s1. The summed E-state index contributed by atoms with van der Waals surface area (Å²) in [5.41, 5.74) is 0. The fourth-order valence-corrected chi connectivity index (χ4v) is 3.18. The van der Waals surface area contributed by atoms with E-state index in [2.05, 4.69) is 18.7 Å². The van der Waals surface area contributed by atoms with Crippen LogP contribution in [0.15, 0.2) is 24.3 Å². The second kappa shape index (κ2) is 7.66. The van der Waals surface area contributed by atoms with Gasteiger partial charge in [-0.25, -0.2) is 0 Å². The molecule has 0 radical (unpaired) electrons. The van der Waals surface area contributed by atoms with Crippen LogP contribution in [0.4, 0.5) is 0 Å². The van der Waals surface area contributed by atoms with E-state index in [0.29, 0.717) is 25.0 Å². The Morgan fingerprint density at radius 1 is 1.24 bits per heavy atom. The van der Waals surface area contributed by atoms with Crippen LogP contribution in [0.1, 0.15) is 20.3 Å². The monoisotopic (exact) mass is 293 g/mol. The Morgan fingerprint density at radius 2 is 1.90 bits per heavy atom. The molecule has 21 heavy (non-hydrogen) atoms. The summed E-state index contributed by atoms with van der Waals surface area (Å²) in [6.07, 6.45) is 0.820. The molecule has 1 aromatic carbocycles. The molecule has 4 nitrogen and oxygen atoms in total. The predicted octanol–water partition coefficient (Wildman–Crippen LogP) is 2.41. The second-order valence-electron chi connectivity index (χ2n) is 6.31. The molecule has 1 aliphatic rings. The lowest BCUT2D eigenvalue weighted by Crippen LogP contribution is -2.43. The number of benzene rings is 1. The van der Waals surface area contributed by atoms with Gasteiger partial charge in [-0.2, -0.15) is 0 Å². The third kappa shape index (κ3) is 5.21. The van der Waals surface area contributed by atoms with Crippen LogP contribution in [-0.4, -0.2) is 49.5 Å². The van der Waals surface area contributed by atoms with Gasteiger partial charge in [-0.15, -0.1) is 0 Å². The largest absolute Gasteiger partial charge is 0.497 e. The number of piperidine rings is 1. The van der Waals surface area contributed by atoms with Gasteiger partial charge < -0.3 is 19.5 Å². The Kier molecular flexibility index (Phi) is 5.88. The smallest absolute Gasteiger partial charge is 0.123 e. The highest BCUT2D eigenvalue weighted by molar-refractivity contribution is 5.32. The zero-order valence-corrected chi connectivity index (χ0v) is 13.3. The Balaban J connectivity index is 1.77. The summed E-state index contributed by atoms with van der Waals surface area (Å²) in [7, 11) is 1.63. The quantitative estimate of drug-likeness (QED) is 0.874. The SMILES string of the molecule is COc1cccc(OC[C@@H](O)CN2C[C@H](C)C[C@@H](C)C2)c1. The van der Waals surface area contributed by atoms with Crippen LogP contribution in [-0.2, 0) is 0 Å². The van der Waals surface area contributed by atoms with Crippen molar-refractivity contribution in [2.24, 2.45) is 11.8 Å². The van der Waals surface area contributed by atoms with Crippen LogP contribution in [0, 0.1) is 11.8 Å². The van der Waals surface area contributed by atoms with E-state index in [1.807, 2.05) is 24.3 Å². The lowest BCUT2D eigenvalue weighted by molar-refractivity contribution is 0.0428. The van der Waals surface area contributed by atoms with Gasteiger partial charge in [0.1, 0.15) is 24.2 Å². The number of aliphatic hydroxyl groups is 1. The van der Waals surface area contributed by atoms with Crippen molar-refractivity contribution in [3.05, 3.63) is 24.3 Å². The molecule has 1 fully saturated rings. The van der Waals surface area contributed by atoms with Gasteiger partial charge in [-0.05, 0) is 30.4 Å². The van der Waals surface area contributed by atoms with Crippen LogP contribution in [0.3, 0.4) is 0 Å². The van der Waals surface area contributed by atoms with Crippen molar-refractivity contribution >= 4 is 0 Å². The van der Waals surface area contributed by atoms with E-state index in [0.717, 1.165) is 24.6 Å². The van der Waals surface area contributed by atoms with Crippen LogP contribution in [0.2, 0.25) is 0 Å². The number of rotatable bonds is 6. The summed E-state index contributed by atoms with van der Waals surface area (Å²) in [5, 5.41) is 10.2. The summed E-state index contributed by atoms with van der Waals surface area (Å²) in [6, 6.07) is 7.46. The average Bonchev–Trinajstić information content (AvgIpc) is 2.44. The van der Waals surface area contributed by atoms with Crippen molar-refractivity contribution in [1.82, 2.24) is 4.90 Å². The summed E-state index contributed by atoms with van der Waals surface area (Å²) in [4.78, 5) is 2.35. The molecule has 118 valence electrons. The molecule has 1 N–H and O–H groups in total. The molecular weight excluding hydrogens is 266 g/mol. The molecule has 0 aromatic heterocycles. The predicted molar refractivity (Wildman–Crippen MR) is 83.9 cm³/mol. The summed E-state index contributed by atoms with van der Waals surface area (Å²) in [5.74, 6) is 2.91. The summed E-state index contributed by atoms with van der Waals surface area (Å²) < 4.78 is 10.8. The Labute approximate surface area is 127 Å². The van der Waals surface area contributed by atoms with E-state index in [9.17, 15) is 5.11 Å². The number of β-amino-alcohol motifs (C(OH)–C–C–N with tert-alkyl or cyclic N) is 1. The number of ether oxygens (including phenoxy) is 2. The Morgan fingerprint density at radius 3 is 2.57 bits per heavy atom. The molecule has 2 rings (SSSR count). The van der Waals surface area contributed by atoms with Crippen LogP contribution >= 0.6 is 0 Å². The molecule has 4 heteroatoms. The molecule has 1 aliphatic heterocycles. The normalized spacial score (nSPS) is 24.6. The van der Waals surface area contributed by atoms with Gasteiger partial charge in [0, 0.05) is 25.7 Å². The van der Waals surface area contributed by atoms with E-state index in [1.165, 1.54) is 6.42 Å². The maximum Gasteiger partial charge on any atom is 0.123 e. The molecule has 1 aromatic rings. The van der Waals surface area contributed by atoms with Gasteiger partial charge in [-0.1, -0.05) is 19.9 Å². The molecule has 0 unspecified atom stereocenters. The third-order valence-corrected chi connectivity index (χ3v) is 3.90. The van der Waals surface area contributed by atoms with Crippen LogP contribution in [0.5, 0.6) is 11.5 Å². The van der Waals surface area contributed by atoms with Crippen LogP contribution in [0.25, 0.3) is 0 Å². The first-order valence-electron chi connectivity index (χ1n) is 7.74. The van der Waals surface area contributed by atoms with E-state index in [-0.39, 0.29) is 0 Å². The lowest BCUT2D eigenvalue weighted by atomic mass is 9.92. The molecule has 1 heterocycles. The third-order valence-electron chi connectivity index (χ3n) is 3.90. The molecule has 3 atom stereocenters. The number of hydrogen-bond donors (Lipinski definition) is 1. The lowest BCUT2D eigenvalue weighted by Gasteiger charge is -2.35. The topological polar surface area (TPSA) is 41.9 Å². The van der Waals surface area contributed by atoms with Gasteiger partial charge in [0.05, 0.1) is 7.11 Å². The van der Waals surface area contributed by atoms with Crippen molar-refractivity contribution in [2.45, 2.75) is 26.4 Å². The molecule has 0 bridgehead atoms. The minimum atomic E-state index is -0.464. The number of aliphatic hydroxyl groups excluding tert-OH is 1. The highest BCUT2D eigenvalue weighted by Gasteiger charge is 2.23. The number of nitrogens with zero attached hydrogens (tertiary/aromatic N) is 1. The maximum absolute atomic E-state index is 10.2. The maximum atomic E-state index is 10.2. The molecular formula is C17H27NO3. The van der Waals surface area contributed by atoms with Crippen molar-refractivity contribution in [1.29, 1.82) is 0 Å². The van der Waals surface area contributed by atoms with Gasteiger partial charge >= 0.3 is 0 Å². The first-order valence-corrected chi connectivity index (χ1v) is 7.74. The summed E-state index contributed by atoms with van der Waals surface area (Å²) in [6.45, 7) is 7.69. The highest BCUT2D eigenvalue weighted by atomic mass is 16.5. The Bertz CT molecular complexity index is 428. The molecule has 0 amide bonds. The number of methoxy groups -OCH3 is 1. The number of hydrogen-bond acceptors (Lipinski definition) is 4. The zero-order valence-electron chi connectivity index (χ0n) is 13.3. The minimum Gasteiger partial charge on any atom is -0.497 e. The van der Waals surface area contributed by atoms with Gasteiger partial charge in [0.15, 0.2) is 0 Å². The molecule has 1 saturated heterocycles. The number of likely N-dealkylation sites (tertiary alicyclic amines) is 1. The first-order chi connectivity index (χ1) is 10.1. The van der Waals surface area contributed by atoms with Gasteiger partial charge in [0.25, 0.3) is 0 Å². The van der Waals surface area contributed by atoms with E-state index in [4.69, 9.17) is 9.47 Å². The minimum absolute atomic E-state index is 0.312. The molecule has 0 saturated carbocycles. The molecule has 0 aliphatic carbocycles. The average molecular weight is 293 g/mol. The van der Waals surface area contributed by atoms with Crippen molar-refractivity contribution in [3.8, 4) is 11.5 Å². The fourth-order valence-electron chi connectivity index (χ4n) is 3.18. The Hall–Kier alpha value is -1.26.